The Kier molecular flexibility index (Phi) is 2.84. The molecule has 0 radical (unpaired) electrons. The van der Waals surface area contributed by atoms with Gasteiger partial charge in [-0.3, -0.25) is 9.59 Å². The number of rotatable bonds is 3. The van der Waals surface area contributed by atoms with Crippen LogP contribution in [0.5, 0.6) is 0 Å². The summed E-state index contributed by atoms with van der Waals surface area (Å²) >= 11 is 0. The topological polar surface area (TPSA) is 37.4 Å². The van der Waals surface area contributed by atoms with E-state index >= 15 is 0 Å². The van der Waals surface area contributed by atoms with E-state index in [4.69, 9.17) is 0 Å². The number of nitrogens with zero attached hydrogens (tertiary/aromatic N) is 1. The van der Waals surface area contributed by atoms with Crippen molar-refractivity contribution in [2.45, 2.75) is 26.2 Å². The second kappa shape index (κ2) is 3.70. The van der Waals surface area contributed by atoms with E-state index in [9.17, 15) is 9.59 Å². The van der Waals surface area contributed by atoms with E-state index in [1.54, 1.807) is 11.9 Å². The van der Waals surface area contributed by atoms with Crippen LogP contribution in [0.2, 0.25) is 0 Å². The third-order valence-corrected chi connectivity index (χ3v) is 2.31. The fourth-order valence-corrected chi connectivity index (χ4v) is 1.54. The second-order valence-corrected chi connectivity index (χ2v) is 3.32. The summed E-state index contributed by atoms with van der Waals surface area (Å²) < 4.78 is 0. The average molecular weight is 169 g/mol. The molecule has 0 aromatic carbocycles. The maximum Gasteiger partial charge on any atom is 0.232 e. The van der Waals surface area contributed by atoms with E-state index in [0.29, 0.717) is 12.8 Å². The van der Waals surface area contributed by atoms with Gasteiger partial charge in [0.25, 0.3) is 0 Å². The maximum atomic E-state index is 11.4. The summed E-state index contributed by atoms with van der Waals surface area (Å²) in [4.78, 5) is 24.3. The minimum atomic E-state index is -0.324. The molecular formula is C9H15NO2. The van der Waals surface area contributed by atoms with Gasteiger partial charge in [-0.25, -0.2) is 0 Å². The molecule has 0 aromatic heterocycles. The summed E-state index contributed by atoms with van der Waals surface area (Å²) in [7, 11) is 1.75. The summed E-state index contributed by atoms with van der Waals surface area (Å²) in [6.45, 7) is 2.69. The molecule has 1 unspecified atom stereocenters. The quantitative estimate of drug-likeness (QED) is 0.587. The highest BCUT2D eigenvalue weighted by Crippen LogP contribution is 2.18. The van der Waals surface area contributed by atoms with Crippen molar-refractivity contribution in [3.8, 4) is 0 Å². The van der Waals surface area contributed by atoms with Gasteiger partial charge in [-0.2, -0.15) is 0 Å². The average Bonchev–Trinajstić information content (AvgIpc) is 2.34. The number of carbonyl (C=O) groups is 2. The highest BCUT2D eigenvalue weighted by atomic mass is 16.2. The molecule has 0 aromatic rings. The van der Waals surface area contributed by atoms with Crippen LogP contribution in [0.25, 0.3) is 0 Å². The van der Waals surface area contributed by atoms with E-state index in [1.807, 2.05) is 6.92 Å². The van der Waals surface area contributed by atoms with E-state index < -0.39 is 0 Å². The van der Waals surface area contributed by atoms with E-state index in [2.05, 4.69) is 0 Å². The van der Waals surface area contributed by atoms with E-state index in [0.717, 1.165) is 13.0 Å². The number of hydrogen-bond acceptors (Lipinski definition) is 2. The van der Waals surface area contributed by atoms with Gasteiger partial charge in [0, 0.05) is 20.0 Å². The number of carbonyl (C=O) groups excluding carboxylic acids is 2. The minimum Gasteiger partial charge on any atom is -0.345 e. The Morgan fingerprint density at radius 3 is 2.75 bits per heavy atom. The zero-order valence-electron chi connectivity index (χ0n) is 7.67. The third kappa shape index (κ3) is 1.65. The van der Waals surface area contributed by atoms with Gasteiger partial charge in [0.05, 0.1) is 5.92 Å². The van der Waals surface area contributed by atoms with E-state index in [1.165, 1.54) is 0 Å². The molecule has 0 aliphatic carbocycles. The molecule has 1 amide bonds. The molecule has 3 nitrogen and oxygen atoms in total. The predicted octanol–water partition coefficient (Wildman–Crippen LogP) is 0.834. The molecular weight excluding hydrogens is 154 g/mol. The molecule has 1 atom stereocenters. The van der Waals surface area contributed by atoms with Crippen LogP contribution in [-0.4, -0.2) is 30.2 Å². The standard InChI is InChI=1S/C9H15NO2/c1-3-4-8(11)7-5-6-10(2)9(7)12/h7H,3-6H2,1-2H3. The Bertz CT molecular complexity index is 201. The van der Waals surface area contributed by atoms with Gasteiger partial charge in [0.2, 0.25) is 5.91 Å². The molecule has 0 N–H and O–H groups in total. The normalized spacial score (nSPS) is 23.3. The Hall–Kier alpha value is -0.860. The lowest BCUT2D eigenvalue weighted by atomic mass is 9.99. The highest BCUT2D eigenvalue weighted by Gasteiger charge is 2.33. The fourth-order valence-electron chi connectivity index (χ4n) is 1.54. The molecule has 1 fully saturated rings. The van der Waals surface area contributed by atoms with Crippen LogP contribution in [0.4, 0.5) is 0 Å². The Balaban J connectivity index is 2.53. The first kappa shape index (κ1) is 9.23. The number of likely N-dealkylation sites (tertiary alicyclic amines) is 1. The van der Waals surface area contributed by atoms with Crippen molar-refractivity contribution in [2.24, 2.45) is 5.92 Å². The van der Waals surface area contributed by atoms with Crippen molar-refractivity contribution in [1.29, 1.82) is 0 Å². The molecule has 0 bridgehead atoms. The summed E-state index contributed by atoms with van der Waals surface area (Å²) in [6.07, 6.45) is 2.10. The van der Waals surface area contributed by atoms with Crippen molar-refractivity contribution in [2.75, 3.05) is 13.6 Å². The molecule has 1 aliphatic heterocycles. The smallest absolute Gasteiger partial charge is 0.232 e. The first-order chi connectivity index (χ1) is 5.66. The van der Waals surface area contributed by atoms with Crippen molar-refractivity contribution in [3.05, 3.63) is 0 Å². The molecule has 1 rings (SSSR count). The van der Waals surface area contributed by atoms with Crippen LogP contribution in [0.15, 0.2) is 0 Å². The number of Topliss-reactive ketones (excluding diaryl/α,β-unsaturated/α-hetero) is 1. The van der Waals surface area contributed by atoms with Crippen molar-refractivity contribution in [3.63, 3.8) is 0 Å². The molecule has 12 heavy (non-hydrogen) atoms. The molecule has 1 aliphatic rings. The van der Waals surface area contributed by atoms with Gasteiger partial charge in [-0.1, -0.05) is 6.92 Å². The van der Waals surface area contributed by atoms with Gasteiger partial charge >= 0.3 is 0 Å². The van der Waals surface area contributed by atoms with Crippen LogP contribution in [0, 0.1) is 5.92 Å². The highest BCUT2D eigenvalue weighted by molar-refractivity contribution is 6.02. The maximum absolute atomic E-state index is 11.4. The molecule has 1 saturated heterocycles. The molecule has 3 heteroatoms. The van der Waals surface area contributed by atoms with Gasteiger partial charge in [0.1, 0.15) is 5.78 Å². The van der Waals surface area contributed by atoms with E-state index in [-0.39, 0.29) is 17.6 Å². The van der Waals surface area contributed by atoms with Gasteiger partial charge in [-0.05, 0) is 12.8 Å². The molecule has 0 saturated carbocycles. The molecule has 1 heterocycles. The van der Waals surface area contributed by atoms with Gasteiger partial charge in [0.15, 0.2) is 0 Å². The summed E-state index contributed by atoms with van der Waals surface area (Å²) in [5.41, 5.74) is 0. The lowest BCUT2D eigenvalue weighted by Crippen LogP contribution is -2.26. The van der Waals surface area contributed by atoms with Gasteiger partial charge in [-0.15, -0.1) is 0 Å². The SMILES string of the molecule is CCCC(=O)C1CCN(C)C1=O. The predicted molar refractivity (Wildman–Crippen MR) is 45.7 cm³/mol. The van der Waals surface area contributed by atoms with Crippen molar-refractivity contribution >= 4 is 11.7 Å². The monoisotopic (exact) mass is 169 g/mol. The zero-order chi connectivity index (χ0) is 9.14. The first-order valence-corrected chi connectivity index (χ1v) is 4.44. The summed E-state index contributed by atoms with van der Waals surface area (Å²) in [5, 5.41) is 0. The second-order valence-electron chi connectivity index (χ2n) is 3.32. The Morgan fingerprint density at radius 2 is 2.33 bits per heavy atom. The molecule has 0 spiro atoms. The van der Waals surface area contributed by atoms with Crippen LogP contribution < -0.4 is 0 Å². The fraction of sp³-hybridized carbons (Fsp3) is 0.778. The van der Waals surface area contributed by atoms with Crippen molar-refractivity contribution < 1.29 is 9.59 Å². The first-order valence-electron chi connectivity index (χ1n) is 4.44. The largest absolute Gasteiger partial charge is 0.345 e. The summed E-state index contributed by atoms with van der Waals surface area (Å²) in [5.74, 6) is -0.199. The molecule has 68 valence electrons. The third-order valence-electron chi connectivity index (χ3n) is 2.31. The number of amides is 1. The number of ketones is 1. The van der Waals surface area contributed by atoms with Gasteiger partial charge < -0.3 is 4.90 Å². The van der Waals surface area contributed by atoms with Crippen LogP contribution in [0.3, 0.4) is 0 Å². The zero-order valence-corrected chi connectivity index (χ0v) is 7.67. The van der Waals surface area contributed by atoms with Crippen molar-refractivity contribution in [1.82, 2.24) is 4.90 Å². The Labute approximate surface area is 72.7 Å². The van der Waals surface area contributed by atoms with Crippen LogP contribution >= 0.6 is 0 Å². The Morgan fingerprint density at radius 1 is 1.67 bits per heavy atom. The van der Waals surface area contributed by atoms with Crippen LogP contribution in [0.1, 0.15) is 26.2 Å². The van der Waals surface area contributed by atoms with Crippen LogP contribution in [-0.2, 0) is 9.59 Å². The minimum absolute atomic E-state index is 0.00782. The lowest BCUT2D eigenvalue weighted by molar-refractivity contribution is -0.136. The number of hydrogen-bond donors (Lipinski definition) is 0. The lowest BCUT2D eigenvalue weighted by Gasteiger charge is -2.08. The summed E-state index contributed by atoms with van der Waals surface area (Å²) in [6, 6.07) is 0.